The van der Waals surface area contributed by atoms with Crippen LogP contribution in [-0.2, 0) is 31.8 Å². The van der Waals surface area contributed by atoms with Gasteiger partial charge in [0.2, 0.25) is 17.7 Å². The van der Waals surface area contributed by atoms with Gasteiger partial charge in [-0.15, -0.1) is 0 Å². The molecule has 1 fully saturated rings. The Kier molecular flexibility index (Phi) is 8.44. The number of anilines is 2. The molecule has 242 valence electrons. The number of nitrogens with zero attached hydrogens (tertiary/aromatic N) is 2. The van der Waals surface area contributed by atoms with Crippen LogP contribution < -0.4 is 15.1 Å². The second kappa shape index (κ2) is 12.4. The Morgan fingerprint density at radius 1 is 0.979 bits per heavy atom. The van der Waals surface area contributed by atoms with Gasteiger partial charge >= 0.3 is 17.0 Å². The topological polar surface area (TPSA) is 135 Å². The number of ether oxygens (including phenoxy) is 1. The SMILES string of the molecule is CCOC(=O)c1ccc(NC(=O)Cn2c3c(sc2=O)[C@@H](c2ccc(O)cc2)C2C(=O)N(c4cccc(C(F)(F)F)c4)C(=O)C2S3)cc1. The van der Waals surface area contributed by atoms with E-state index in [0.717, 1.165) is 46.2 Å². The average molecular weight is 684 g/mol. The molecule has 6 rings (SSSR count). The van der Waals surface area contributed by atoms with Crippen molar-refractivity contribution >= 4 is 58.2 Å². The van der Waals surface area contributed by atoms with E-state index in [1.54, 1.807) is 19.1 Å². The van der Waals surface area contributed by atoms with E-state index in [1.165, 1.54) is 47.0 Å². The Balaban J connectivity index is 1.34. The zero-order valence-corrected chi connectivity index (χ0v) is 25.9. The number of rotatable bonds is 7. The fraction of sp³-hybridized carbons (Fsp3) is 0.219. The van der Waals surface area contributed by atoms with Gasteiger partial charge < -0.3 is 15.2 Å². The van der Waals surface area contributed by atoms with Crippen LogP contribution in [0.5, 0.6) is 5.75 Å². The maximum Gasteiger partial charge on any atom is 0.416 e. The molecule has 0 aliphatic carbocycles. The zero-order chi connectivity index (χ0) is 33.6. The number of hydrogen-bond acceptors (Lipinski definition) is 9. The van der Waals surface area contributed by atoms with E-state index in [0.29, 0.717) is 16.1 Å². The molecule has 2 N–H and O–H groups in total. The van der Waals surface area contributed by atoms with Crippen LogP contribution in [0.15, 0.2) is 82.6 Å². The number of phenolic OH excluding ortho intramolecular Hbond substituents is 1. The third kappa shape index (κ3) is 6.03. The van der Waals surface area contributed by atoms with Gasteiger partial charge in [-0.25, -0.2) is 9.69 Å². The van der Waals surface area contributed by atoms with Crippen LogP contribution in [0.3, 0.4) is 0 Å². The molecule has 1 saturated heterocycles. The van der Waals surface area contributed by atoms with Gasteiger partial charge in [0.15, 0.2) is 0 Å². The Bertz CT molecular complexity index is 1960. The summed E-state index contributed by atoms with van der Waals surface area (Å²) in [5.41, 5.74) is -0.130. The minimum absolute atomic E-state index is 0.0622. The molecular formula is C32H24F3N3O7S2. The molecule has 4 aromatic rings. The third-order valence-corrected chi connectivity index (χ3v) is 10.3. The number of phenols is 1. The molecule has 1 aromatic heterocycles. The number of thioether (sulfide) groups is 1. The number of carbonyl (C=O) groups is 4. The van der Waals surface area contributed by atoms with E-state index in [1.807, 2.05) is 0 Å². The molecule has 10 nitrogen and oxygen atoms in total. The number of halogens is 3. The van der Waals surface area contributed by atoms with Crippen molar-refractivity contribution in [2.75, 3.05) is 16.8 Å². The van der Waals surface area contributed by atoms with Gasteiger partial charge in [0.25, 0.3) is 0 Å². The zero-order valence-electron chi connectivity index (χ0n) is 24.3. The fourth-order valence-corrected chi connectivity index (χ4v) is 8.39. The van der Waals surface area contributed by atoms with E-state index in [9.17, 15) is 42.3 Å². The first-order valence-corrected chi connectivity index (χ1v) is 15.9. The van der Waals surface area contributed by atoms with Crippen LogP contribution in [0.25, 0.3) is 0 Å². The minimum atomic E-state index is -4.71. The first kappa shape index (κ1) is 32.1. The lowest BCUT2D eigenvalue weighted by atomic mass is 9.83. The minimum Gasteiger partial charge on any atom is -0.508 e. The highest BCUT2D eigenvalue weighted by molar-refractivity contribution is 8.00. The number of alkyl halides is 3. The maximum absolute atomic E-state index is 13.9. The molecule has 0 saturated carbocycles. The summed E-state index contributed by atoms with van der Waals surface area (Å²) in [7, 11) is 0. The average Bonchev–Trinajstić information content (AvgIpc) is 3.47. The summed E-state index contributed by atoms with van der Waals surface area (Å²) in [6.45, 7) is 1.43. The summed E-state index contributed by atoms with van der Waals surface area (Å²) in [5, 5.41) is 11.7. The van der Waals surface area contributed by atoms with Gasteiger partial charge in [0.1, 0.15) is 17.5 Å². The number of imide groups is 1. The van der Waals surface area contributed by atoms with E-state index in [4.69, 9.17) is 4.74 Å². The van der Waals surface area contributed by atoms with Crippen LogP contribution in [-0.4, -0.2) is 45.2 Å². The fourth-order valence-electron chi connectivity index (χ4n) is 5.62. The van der Waals surface area contributed by atoms with E-state index < -0.39 is 63.9 Å². The highest BCUT2D eigenvalue weighted by atomic mass is 32.2. The van der Waals surface area contributed by atoms with Crippen molar-refractivity contribution in [1.82, 2.24) is 4.57 Å². The molecule has 3 heterocycles. The quantitative estimate of drug-likeness (QED) is 0.200. The van der Waals surface area contributed by atoms with Crippen molar-refractivity contribution in [2.24, 2.45) is 5.92 Å². The molecule has 0 spiro atoms. The third-order valence-electron chi connectivity index (χ3n) is 7.71. The summed E-state index contributed by atoms with van der Waals surface area (Å²) in [6, 6.07) is 15.8. The maximum atomic E-state index is 13.9. The lowest BCUT2D eigenvalue weighted by molar-refractivity contribution is -0.137. The summed E-state index contributed by atoms with van der Waals surface area (Å²) in [4.78, 5) is 66.7. The number of carbonyl (C=O) groups excluding carboxylic acids is 4. The van der Waals surface area contributed by atoms with Crippen LogP contribution >= 0.6 is 23.1 Å². The van der Waals surface area contributed by atoms with Gasteiger partial charge in [-0.2, -0.15) is 13.2 Å². The molecule has 2 aliphatic heterocycles. The van der Waals surface area contributed by atoms with Gasteiger partial charge in [-0.1, -0.05) is 41.3 Å². The lowest BCUT2D eigenvalue weighted by Crippen LogP contribution is -2.33. The predicted octanol–water partition coefficient (Wildman–Crippen LogP) is 5.25. The van der Waals surface area contributed by atoms with E-state index in [-0.39, 0.29) is 28.6 Å². The lowest BCUT2D eigenvalue weighted by Gasteiger charge is -2.30. The van der Waals surface area contributed by atoms with Gasteiger partial charge in [0.05, 0.1) is 34.4 Å². The molecule has 15 heteroatoms. The number of esters is 1. The number of fused-ring (bicyclic) bond motifs is 2. The number of thiazole rings is 1. The van der Waals surface area contributed by atoms with Crippen molar-refractivity contribution in [3.63, 3.8) is 0 Å². The summed E-state index contributed by atoms with van der Waals surface area (Å²) < 4.78 is 46.7. The largest absolute Gasteiger partial charge is 0.508 e. The van der Waals surface area contributed by atoms with Crippen molar-refractivity contribution in [3.8, 4) is 5.75 Å². The molecule has 3 atom stereocenters. The first-order chi connectivity index (χ1) is 22.4. The smallest absolute Gasteiger partial charge is 0.416 e. The number of amides is 3. The van der Waals surface area contributed by atoms with Gasteiger partial charge in [-0.3, -0.25) is 23.7 Å². The molecular weight excluding hydrogens is 659 g/mol. The van der Waals surface area contributed by atoms with Gasteiger partial charge in [0, 0.05) is 16.5 Å². The Morgan fingerprint density at radius 3 is 2.34 bits per heavy atom. The molecule has 0 bridgehead atoms. The van der Waals surface area contributed by atoms with Crippen molar-refractivity contribution < 1.29 is 42.2 Å². The van der Waals surface area contributed by atoms with E-state index in [2.05, 4.69) is 5.32 Å². The molecule has 2 unspecified atom stereocenters. The van der Waals surface area contributed by atoms with Crippen molar-refractivity contribution in [2.45, 2.75) is 35.8 Å². The van der Waals surface area contributed by atoms with Crippen LogP contribution in [0, 0.1) is 5.92 Å². The highest BCUT2D eigenvalue weighted by Gasteiger charge is 2.57. The predicted molar refractivity (Wildman–Crippen MR) is 167 cm³/mol. The van der Waals surface area contributed by atoms with Crippen LogP contribution in [0.2, 0.25) is 0 Å². The Hall–Kier alpha value is -4.89. The van der Waals surface area contributed by atoms with Crippen molar-refractivity contribution in [3.05, 3.63) is 104 Å². The second-order valence-electron chi connectivity index (χ2n) is 10.7. The Labute approximate surface area is 272 Å². The molecule has 2 aliphatic rings. The summed E-state index contributed by atoms with van der Waals surface area (Å²) >= 11 is 1.71. The molecule has 3 amide bonds. The normalized spacial score (nSPS) is 18.9. The number of aromatic nitrogens is 1. The number of nitrogens with one attached hydrogen (secondary N) is 1. The van der Waals surface area contributed by atoms with Crippen LogP contribution in [0.4, 0.5) is 24.5 Å². The molecule has 0 radical (unpaired) electrons. The monoisotopic (exact) mass is 683 g/mol. The van der Waals surface area contributed by atoms with Gasteiger partial charge in [-0.05, 0) is 67.1 Å². The molecule has 3 aromatic carbocycles. The van der Waals surface area contributed by atoms with Crippen molar-refractivity contribution in [1.29, 1.82) is 0 Å². The number of aromatic hydroxyl groups is 1. The number of benzene rings is 3. The van der Waals surface area contributed by atoms with E-state index >= 15 is 0 Å². The molecule has 47 heavy (non-hydrogen) atoms. The standard InChI is InChI=1S/C32H24F3N3O7S2/c1-2-45-30(43)17-6-10-19(11-7-17)36-22(40)15-37-29-26(47-31(37)44)23(16-8-12-21(39)13-9-16)24-25(46-29)28(42)38(27(24)41)20-5-3-4-18(14-20)32(33,34)35/h3-14,23-25,39H,2,15H2,1H3,(H,36,40)/t23-,24?,25?/m0/s1. The Morgan fingerprint density at radius 2 is 1.68 bits per heavy atom. The summed E-state index contributed by atoms with van der Waals surface area (Å²) in [5.74, 6) is -4.61. The number of hydrogen-bond donors (Lipinski definition) is 2. The first-order valence-electron chi connectivity index (χ1n) is 14.2. The second-order valence-corrected chi connectivity index (χ2v) is 12.8. The summed E-state index contributed by atoms with van der Waals surface area (Å²) in [6.07, 6.45) is -4.71. The highest BCUT2D eigenvalue weighted by Crippen LogP contribution is 2.54. The van der Waals surface area contributed by atoms with Crippen LogP contribution in [0.1, 0.15) is 39.2 Å².